The van der Waals surface area contributed by atoms with E-state index < -0.39 is 0 Å². The standard InChI is InChI=1S/C26H26N2O4S/c1-31-21-12-10-18(11-13-21)14-15-27-25(30)19-6-5-7-20(16-19)26-28(24(29)17-33-26)22-8-3-4-9-23(22)32-2/h3-13,16,26H,14-15,17H2,1-2H3,(H,27,30). The molecule has 3 aromatic rings. The Labute approximate surface area is 197 Å². The number of carbonyl (C=O) groups excluding carboxylic acids is 2. The van der Waals surface area contributed by atoms with Crippen LogP contribution in [0.4, 0.5) is 5.69 Å². The Bertz CT molecular complexity index is 1130. The van der Waals surface area contributed by atoms with Crippen molar-refractivity contribution in [1.29, 1.82) is 0 Å². The third-order valence-electron chi connectivity index (χ3n) is 5.50. The Balaban J connectivity index is 1.46. The maximum atomic E-state index is 12.8. The van der Waals surface area contributed by atoms with Gasteiger partial charge in [-0.05, 0) is 53.9 Å². The molecule has 1 heterocycles. The zero-order chi connectivity index (χ0) is 23.2. The summed E-state index contributed by atoms with van der Waals surface area (Å²) in [6.45, 7) is 0.527. The Morgan fingerprint density at radius 3 is 2.58 bits per heavy atom. The van der Waals surface area contributed by atoms with Crippen molar-refractivity contribution < 1.29 is 19.1 Å². The molecule has 7 heteroatoms. The molecule has 1 aliphatic heterocycles. The van der Waals surface area contributed by atoms with Crippen LogP contribution in [0, 0.1) is 0 Å². The summed E-state index contributed by atoms with van der Waals surface area (Å²) in [6, 6.07) is 22.8. The maximum Gasteiger partial charge on any atom is 0.251 e. The summed E-state index contributed by atoms with van der Waals surface area (Å²) >= 11 is 1.54. The van der Waals surface area contributed by atoms with Crippen molar-refractivity contribution >= 4 is 29.3 Å². The fraction of sp³-hybridized carbons (Fsp3) is 0.231. The smallest absolute Gasteiger partial charge is 0.251 e. The topological polar surface area (TPSA) is 67.9 Å². The highest BCUT2D eigenvalue weighted by Crippen LogP contribution is 2.44. The van der Waals surface area contributed by atoms with Crippen LogP contribution < -0.4 is 19.7 Å². The van der Waals surface area contributed by atoms with Gasteiger partial charge < -0.3 is 14.8 Å². The lowest BCUT2D eigenvalue weighted by molar-refractivity contribution is -0.115. The van der Waals surface area contributed by atoms with Crippen molar-refractivity contribution in [3.63, 3.8) is 0 Å². The number of methoxy groups -OCH3 is 2. The van der Waals surface area contributed by atoms with Crippen LogP contribution in [0.15, 0.2) is 72.8 Å². The van der Waals surface area contributed by atoms with Gasteiger partial charge in [0.15, 0.2) is 0 Å². The maximum absolute atomic E-state index is 12.8. The summed E-state index contributed by atoms with van der Waals surface area (Å²) in [4.78, 5) is 27.3. The molecule has 0 saturated carbocycles. The number of hydrogen-bond acceptors (Lipinski definition) is 5. The van der Waals surface area contributed by atoms with Crippen LogP contribution in [0.2, 0.25) is 0 Å². The second-order valence-corrected chi connectivity index (χ2v) is 8.65. The Kier molecular flexibility index (Phi) is 7.19. The number of nitrogens with one attached hydrogen (secondary N) is 1. The number of amides is 2. The number of ether oxygens (including phenoxy) is 2. The third kappa shape index (κ3) is 5.14. The summed E-state index contributed by atoms with van der Waals surface area (Å²) in [6.07, 6.45) is 0.726. The van der Waals surface area contributed by atoms with Gasteiger partial charge in [0.25, 0.3) is 5.91 Å². The van der Waals surface area contributed by atoms with Crippen molar-refractivity contribution in [1.82, 2.24) is 5.32 Å². The van der Waals surface area contributed by atoms with Gasteiger partial charge in [-0.3, -0.25) is 14.5 Å². The van der Waals surface area contributed by atoms with E-state index in [1.54, 1.807) is 36.9 Å². The number of benzene rings is 3. The molecule has 1 atom stereocenters. The van der Waals surface area contributed by atoms with Crippen LogP contribution >= 0.6 is 11.8 Å². The summed E-state index contributed by atoms with van der Waals surface area (Å²) in [7, 11) is 3.23. The molecule has 33 heavy (non-hydrogen) atoms. The number of carbonyl (C=O) groups is 2. The van der Waals surface area contributed by atoms with Crippen LogP contribution in [-0.2, 0) is 11.2 Å². The largest absolute Gasteiger partial charge is 0.497 e. The van der Waals surface area contributed by atoms with Crippen molar-refractivity contribution in [2.75, 3.05) is 31.4 Å². The minimum atomic E-state index is -0.221. The third-order valence-corrected chi connectivity index (χ3v) is 6.72. The molecular formula is C26H26N2O4S. The van der Waals surface area contributed by atoms with Crippen molar-refractivity contribution in [2.45, 2.75) is 11.8 Å². The van der Waals surface area contributed by atoms with E-state index in [-0.39, 0.29) is 17.2 Å². The van der Waals surface area contributed by atoms with Crippen LogP contribution in [0.1, 0.15) is 26.9 Å². The lowest BCUT2D eigenvalue weighted by Crippen LogP contribution is -2.29. The summed E-state index contributed by atoms with van der Waals surface area (Å²) in [5, 5.41) is 2.76. The van der Waals surface area contributed by atoms with E-state index in [1.165, 1.54) is 0 Å². The molecule has 1 fully saturated rings. The molecule has 0 aromatic heterocycles. The second-order valence-electron chi connectivity index (χ2n) is 7.58. The summed E-state index contributed by atoms with van der Waals surface area (Å²) in [5.74, 6) is 1.71. The summed E-state index contributed by atoms with van der Waals surface area (Å²) < 4.78 is 10.6. The Morgan fingerprint density at radius 2 is 1.82 bits per heavy atom. The number of rotatable bonds is 8. The normalized spacial score (nSPS) is 15.4. The predicted octanol–water partition coefficient (Wildman–Crippen LogP) is 4.45. The van der Waals surface area contributed by atoms with Gasteiger partial charge >= 0.3 is 0 Å². The van der Waals surface area contributed by atoms with Gasteiger partial charge in [-0.25, -0.2) is 0 Å². The van der Waals surface area contributed by atoms with Gasteiger partial charge in [0, 0.05) is 12.1 Å². The highest BCUT2D eigenvalue weighted by atomic mass is 32.2. The van der Waals surface area contributed by atoms with Crippen molar-refractivity contribution in [2.24, 2.45) is 0 Å². The van der Waals surface area contributed by atoms with E-state index in [1.807, 2.05) is 66.7 Å². The second kappa shape index (κ2) is 10.4. The molecule has 6 nitrogen and oxygen atoms in total. The lowest BCUT2D eigenvalue weighted by atomic mass is 10.1. The fourth-order valence-electron chi connectivity index (χ4n) is 3.81. The average molecular weight is 463 g/mol. The van der Waals surface area contributed by atoms with E-state index in [0.717, 1.165) is 29.0 Å². The highest BCUT2D eigenvalue weighted by molar-refractivity contribution is 8.00. The number of hydrogen-bond donors (Lipinski definition) is 1. The molecule has 0 bridgehead atoms. The SMILES string of the molecule is COc1ccc(CCNC(=O)c2cccc(C3SCC(=O)N3c3ccccc3OC)c2)cc1. The lowest BCUT2D eigenvalue weighted by Gasteiger charge is -2.26. The van der Waals surface area contributed by atoms with E-state index in [4.69, 9.17) is 9.47 Å². The molecule has 3 aromatic carbocycles. The number of nitrogens with zero attached hydrogens (tertiary/aromatic N) is 1. The molecule has 4 rings (SSSR count). The van der Waals surface area contributed by atoms with Gasteiger partial charge in [0.2, 0.25) is 5.91 Å². The predicted molar refractivity (Wildman–Crippen MR) is 131 cm³/mol. The van der Waals surface area contributed by atoms with E-state index in [9.17, 15) is 9.59 Å². The van der Waals surface area contributed by atoms with E-state index in [0.29, 0.717) is 23.6 Å². The number of para-hydroxylation sites is 2. The molecule has 1 aliphatic rings. The van der Waals surface area contributed by atoms with Gasteiger partial charge in [-0.2, -0.15) is 0 Å². The van der Waals surface area contributed by atoms with Crippen molar-refractivity contribution in [3.8, 4) is 11.5 Å². The number of anilines is 1. The first-order chi connectivity index (χ1) is 16.1. The van der Waals surface area contributed by atoms with Crippen LogP contribution in [0.25, 0.3) is 0 Å². The minimum absolute atomic E-state index is 0.0175. The molecule has 0 aliphatic carbocycles. The first kappa shape index (κ1) is 22.7. The fourth-order valence-corrected chi connectivity index (χ4v) is 4.97. The van der Waals surface area contributed by atoms with Crippen molar-refractivity contribution in [3.05, 3.63) is 89.5 Å². The first-order valence-corrected chi connectivity index (χ1v) is 11.7. The summed E-state index contributed by atoms with van der Waals surface area (Å²) in [5.41, 5.74) is 3.33. The molecular weight excluding hydrogens is 436 g/mol. The average Bonchev–Trinajstić information content (AvgIpc) is 3.25. The Morgan fingerprint density at radius 1 is 1.03 bits per heavy atom. The molecule has 0 spiro atoms. The molecule has 1 N–H and O–H groups in total. The molecule has 170 valence electrons. The van der Waals surface area contributed by atoms with Gasteiger partial charge in [-0.1, -0.05) is 36.4 Å². The minimum Gasteiger partial charge on any atom is -0.497 e. The zero-order valence-corrected chi connectivity index (χ0v) is 19.4. The Hall–Kier alpha value is -3.45. The van der Waals surface area contributed by atoms with Gasteiger partial charge in [0.05, 0.1) is 25.7 Å². The first-order valence-electron chi connectivity index (χ1n) is 10.7. The van der Waals surface area contributed by atoms with E-state index >= 15 is 0 Å². The molecule has 0 radical (unpaired) electrons. The molecule has 1 unspecified atom stereocenters. The zero-order valence-electron chi connectivity index (χ0n) is 18.6. The monoisotopic (exact) mass is 462 g/mol. The van der Waals surface area contributed by atoms with Crippen LogP contribution in [0.5, 0.6) is 11.5 Å². The highest BCUT2D eigenvalue weighted by Gasteiger charge is 2.35. The molecule has 1 saturated heterocycles. The van der Waals surface area contributed by atoms with E-state index in [2.05, 4.69) is 5.32 Å². The van der Waals surface area contributed by atoms with Crippen LogP contribution in [-0.4, -0.2) is 38.3 Å². The quantitative estimate of drug-likeness (QED) is 0.536. The molecule has 2 amide bonds. The van der Waals surface area contributed by atoms with Crippen LogP contribution in [0.3, 0.4) is 0 Å². The van der Waals surface area contributed by atoms with Gasteiger partial charge in [-0.15, -0.1) is 11.8 Å². The van der Waals surface area contributed by atoms with Gasteiger partial charge in [0.1, 0.15) is 16.9 Å². The number of thioether (sulfide) groups is 1.